The van der Waals surface area contributed by atoms with Crippen molar-refractivity contribution in [3.05, 3.63) is 23.8 Å². The summed E-state index contributed by atoms with van der Waals surface area (Å²) in [6, 6.07) is 6.20. The van der Waals surface area contributed by atoms with Crippen molar-refractivity contribution in [2.24, 2.45) is 0 Å². The Morgan fingerprint density at radius 3 is 3.00 bits per heavy atom. The lowest BCUT2D eigenvalue weighted by atomic mass is 10.2. The number of methoxy groups -OCH3 is 1. The second-order valence-electron chi connectivity index (χ2n) is 2.66. The maximum Gasteiger partial charge on any atom is 0.274 e. The first kappa shape index (κ1) is 7.55. The largest absolute Gasteiger partial charge is 0.473 e. The fourth-order valence-corrected chi connectivity index (χ4v) is 1.98. The second kappa shape index (κ2) is 2.75. The van der Waals surface area contributed by atoms with E-state index in [0.717, 1.165) is 10.7 Å². The molecule has 0 spiro atoms. The lowest BCUT2D eigenvalue weighted by Crippen LogP contribution is -1.78. The maximum atomic E-state index is 5.05. The van der Waals surface area contributed by atoms with Crippen LogP contribution in [0.5, 0.6) is 5.19 Å². The Balaban J connectivity index is 2.67. The molecule has 0 N–H and O–H groups in total. The summed E-state index contributed by atoms with van der Waals surface area (Å²) in [7, 11) is 1.64. The molecule has 2 nitrogen and oxygen atoms in total. The van der Waals surface area contributed by atoms with Crippen LogP contribution in [0.4, 0.5) is 0 Å². The third-order valence-corrected chi connectivity index (χ3v) is 2.68. The van der Waals surface area contributed by atoms with E-state index in [0.29, 0.717) is 0 Å². The van der Waals surface area contributed by atoms with Crippen molar-refractivity contribution in [3.63, 3.8) is 0 Å². The Kier molecular flexibility index (Phi) is 1.73. The lowest BCUT2D eigenvalue weighted by Gasteiger charge is -1.88. The van der Waals surface area contributed by atoms with E-state index in [2.05, 4.69) is 24.0 Å². The summed E-state index contributed by atoms with van der Waals surface area (Å²) in [5.41, 5.74) is 2.27. The number of ether oxygens (including phenoxy) is 1. The highest BCUT2D eigenvalue weighted by Gasteiger charge is 2.02. The number of aryl methyl sites for hydroxylation is 1. The average Bonchev–Trinajstić information content (AvgIpc) is 2.46. The van der Waals surface area contributed by atoms with Gasteiger partial charge in [-0.1, -0.05) is 17.4 Å². The van der Waals surface area contributed by atoms with Crippen molar-refractivity contribution in [1.29, 1.82) is 0 Å². The van der Waals surface area contributed by atoms with Crippen LogP contribution in [0.3, 0.4) is 0 Å². The highest BCUT2D eigenvalue weighted by molar-refractivity contribution is 7.20. The van der Waals surface area contributed by atoms with Gasteiger partial charge in [-0.05, 0) is 24.6 Å². The second-order valence-corrected chi connectivity index (χ2v) is 3.65. The molecule has 1 aromatic carbocycles. The SMILES string of the molecule is COc1nc2ccc(C)cc2s1. The van der Waals surface area contributed by atoms with Crippen molar-refractivity contribution in [2.45, 2.75) is 6.92 Å². The van der Waals surface area contributed by atoms with Crippen molar-refractivity contribution in [2.75, 3.05) is 7.11 Å². The first-order chi connectivity index (χ1) is 5.79. The van der Waals surface area contributed by atoms with Gasteiger partial charge >= 0.3 is 0 Å². The normalized spacial score (nSPS) is 10.5. The molecule has 1 aromatic heterocycles. The summed E-state index contributed by atoms with van der Waals surface area (Å²) >= 11 is 1.58. The lowest BCUT2D eigenvalue weighted by molar-refractivity contribution is 0.413. The minimum absolute atomic E-state index is 0.732. The van der Waals surface area contributed by atoms with E-state index in [1.165, 1.54) is 10.3 Å². The quantitative estimate of drug-likeness (QED) is 0.671. The highest BCUT2D eigenvalue weighted by atomic mass is 32.1. The van der Waals surface area contributed by atoms with Crippen molar-refractivity contribution < 1.29 is 4.74 Å². The molecule has 0 bridgehead atoms. The zero-order valence-corrected chi connectivity index (χ0v) is 7.81. The fraction of sp³-hybridized carbons (Fsp3) is 0.222. The van der Waals surface area contributed by atoms with Gasteiger partial charge in [0.1, 0.15) is 0 Å². The van der Waals surface area contributed by atoms with Gasteiger partial charge in [-0.2, -0.15) is 0 Å². The molecule has 3 heteroatoms. The molecule has 62 valence electrons. The van der Waals surface area contributed by atoms with Gasteiger partial charge < -0.3 is 4.74 Å². The highest BCUT2D eigenvalue weighted by Crippen LogP contribution is 2.27. The molecule has 0 saturated carbocycles. The van der Waals surface area contributed by atoms with Gasteiger partial charge in [0.05, 0.1) is 17.3 Å². The summed E-state index contributed by atoms with van der Waals surface area (Å²) in [6.07, 6.45) is 0. The number of benzene rings is 1. The molecule has 12 heavy (non-hydrogen) atoms. The van der Waals surface area contributed by atoms with E-state index in [-0.39, 0.29) is 0 Å². The minimum atomic E-state index is 0.732. The molecule has 0 atom stereocenters. The van der Waals surface area contributed by atoms with Gasteiger partial charge in [-0.15, -0.1) is 0 Å². The van der Waals surface area contributed by atoms with Crippen LogP contribution in [0.2, 0.25) is 0 Å². The van der Waals surface area contributed by atoms with Crippen LogP contribution >= 0.6 is 11.3 Å². The van der Waals surface area contributed by atoms with E-state index >= 15 is 0 Å². The predicted molar refractivity (Wildman–Crippen MR) is 50.9 cm³/mol. The molecule has 0 aliphatic carbocycles. The van der Waals surface area contributed by atoms with E-state index < -0.39 is 0 Å². The van der Waals surface area contributed by atoms with Gasteiger partial charge in [0.2, 0.25) is 0 Å². The number of aromatic nitrogens is 1. The van der Waals surface area contributed by atoms with Gasteiger partial charge in [0, 0.05) is 0 Å². The van der Waals surface area contributed by atoms with Gasteiger partial charge in [-0.3, -0.25) is 0 Å². The summed E-state index contributed by atoms with van der Waals surface area (Å²) < 4.78 is 6.23. The molecular weight excluding hydrogens is 170 g/mol. The number of nitrogens with zero attached hydrogens (tertiary/aromatic N) is 1. The number of thiazole rings is 1. The first-order valence-electron chi connectivity index (χ1n) is 3.71. The fourth-order valence-electron chi connectivity index (χ4n) is 1.10. The van der Waals surface area contributed by atoms with Gasteiger partial charge in [-0.25, -0.2) is 4.98 Å². The zero-order chi connectivity index (χ0) is 8.55. The average molecular weight is 179 g/mol. The maximum absolute atomic E-state index is 5.05. The Labute approximate surface area is 74.8 Å². The third-order valence-electron chi connectivity index (χ3n) is 1.70. The molecule has 0 unspecified atom stereocenters. The molecule has 1 heterocycles. The van der Waals surface area contributed by atoms with E-state index in [4.69, 9.17) is 4.74 Å². The van der Waals surface area contributed by atoms with Gasteiger partial charge in [0.25, 0.3) is 5.19 Å². The van der Waals surface area contributed by atoms with Crippen LogP contribution in [0.25, 0.3) is 10.2 Å². The van der Waals surface area contributed by atoms with Crippen LogP contribution in [0.15, 0.2) is 18.2 Å². The Morgan fingerprint density at radius 2 is 2.25 bits per heavy atom. The summed E-state index contributed by atoms with van der Waals surface area (Å²) in [6.45, 7) is 2.08. The standard InChI is InChI=1S/C9H9NOS/c1-6-3-4-7-8(5-6)12-9(10-7)11-2/h3-5H,1-2H3. The first-order valence-corrected chi connectivity index (χ1v) is 4.52. The number of fused-ring (bicyclic) bond motifs is 1. The van der Waals surface area contributed by atoms with Crippen molar-refractivity contribution in [1.82, 2.24) is 4.98 Å². The topological polar surface area (TPSA) is 22.1 Å². The molecule has 0 aliphatic heterocycles. The van der Waals surface area contributed by atoms with Crippen LogP contribution in [0.1, 0.15) is 5.56 Å². The van der Waals surface area contributed by atoms with Crippen molar-refractivity contribution >= 4 is 21.6 Å². The van der Waals surface area contributed by atoms with Crippen LogP contribution in [-0.2, 0) is 0 Å². The Morgan fingerprint density at radius 1 is 1.42 bits per heavy atom. The molecule has 0 fully saturated rings. The minimum Gasteiger partial charge on any atom is -0.473 e. The number of hydrogen-bond donors (Lipinski definition) is 0. The molecule has 2 aromatic rings. The summed E-state index contributed by atoms with van der Waals surface area (Å²) in [4.78, 5) is 4.27. The Bertz CT molecular complexity index is 408. The molecule has 2 rings (SSSR count). The van der Waals surface area contributed by atoms with Crippen molar-refractivity contribution in [3.8, 4) is 5.19 Å². The van der Waals surface area contributed by atoms with E-state index in [1.807, 2.05) is 6.07 Å². The monoisotopic (exact) mass is 179 g/mol. The van der Waals surface area contributed by atoms with Crippen LogP contribution < -0.4 is 4.74 Å². The number of rotatable bonds is 1. The van der Waals surface area contributed by atoms with Gasteiger partial charge in [0.15, 0.2) is 0 Å². The molecule has 0 saturated heterocycles. The zero-order valence-electron chi connectivity index (χ0n) is 7.00. The summed E-state index contributed by atoms with van der Waals surface area (Å²) in [5, 5.41) is 0.732. The predicted octanol–water partition coefficient (Wildman–Crippen LogP) is 2.61. The third kappa shape index (κ3) is 1.16. The molecular formula is C9H9NOS. The van der Waals surface area contributed by atoms with Crippen LogP contribution in [-0.4, -0.2) is 12.1 Å². The molecule has 0 amide bonds. The Hall–Kier alpha value is -1.09. The number of hydrogen-bond acceptors (Lipinski definition) is 3. The van der Waals surface area contributed by atoms with Crippen LogP contribution in [0, 0.1) is 6.92 Å². The van der Waals surface area contributed by atoms with E-state index in [9.17, 15) is 0 Å². The molecule has 0 aliphatic rings. The van der Waals surface area contributed by atoms with E-state index in [1.54, 1.807) is 18.4 Å². The summed E-state index contributed by atoms with van der Waals surface area (Å²) in [5.74, 6) is 0. The molecule has 0 radical (unpaired) electrons. The smallest absolute Gasteiger partial charge is 0.274 e.